The molecule has 0 aliphatic carbocycles. The third kappa shape index (κ3) is 5.34. The summed E-state index contributed by atoms with van der Waals surface area (Å²) in [5.41, 5.74) is 7.24. The van der Waals surface area contributed by atoms with E-state index in [1.165, 1.54) is 55.2 Å². The summed E-state index contributed by atoms with van der Waals surface area (Å²) in [6, 6.07) is 35.2. The topological polar surface area (TPSA) is 6.48 Å². The molecule has 2 heteroatoms. The Morgan fingerprint density at radius 2 is 0.694 bits per heavy atom. The Bertz CT molecular complexity index is 1430. The number of rotatable bonds is 6. The molecule has 0 radical (unpaired) electrons. The molecule has 0 aliphatic heterocycles. The number of benzene rings is 5. The number of nitrogens with zero attached hydrogens (tertiary/aromatic N) is 2. The zero-order valence-electron chi connectivity index (χ0n) is 21.4. The molecule has 178 valence electrons. The maximum atomic E-state index is 2.29. The molecule has 0 atom stereocenters. The van der Waals surface area contributed by atoms with Gasteiger partial charge in [0.2, 0.25) is 0 Å². The summed E-state index contributed by atoms with van der Waals surface area (Å²) in [5, 5.41) is 5.04. The summed E-state index contributed by atoms with van der Waals surface area (Å²) in [6.45, 7) is 0. The molecule has 0 spiro atoms. The summed E-state index contributed by atoms with van der Waals surface area (Å²) in [4.78, 5) is 4.23. The van der Waals surface area contributed by atoms with Crippen molar-refractivity contribution in [3.05, 3.63) is 119 Å². The van der Waals surface area contributed by atoms with Crippen molar-refractivity contribution in [2.24, 2.45) is 0 Å². The molecular formula is C34H32N2. The monoisotopic (exact) mass is 468 g/mol. The highest BCUT2D eigenvalue weighted by atomic mass is 15.1. The first kappa shape index (κ1) is 23.4. The second-order valence-electron chi connectivity index (χ2n) is 9.70. The lowest BCUT2D eigenvalue weighted by Gasteiger charge is -2.11. The van der Waals surface area contributed by atoms with Gasteiger partial charge in [-0.3, -0.25) is 0 Å². The summed E-state index contributed by atoms with van der Waals surface area (Å²) < 4.78 is 0. The van der Waals surface area contributed by atoms with Crippen molar-refractivity contribution < 1.29 is 0 Å². The molecule has 5 rings (SSSR count). The Kier molecular flexibility index (Phi) is 6.60. The molecule has 0 bridgehead atoms. The summed E-state index contributed by atoms with van der Waals surface area (Å²) in [5.74, 6) is 0. The van der Waals surface area contributed by atoms with Gasteiger partial charge in [0.25, 0.3) is 0 Å². The zero-order chi connectivity index (χ0) is 25.1. The standard InChI is InChI=1S/C34H32N2/c1-35(2)33-17-11-25(12-18-33)5-7-27-9-15-29-24-32-22-28(10-16-30(32)23-31(29)21-27)8-6-26-13-19-34(20-14-26)36(3)4/h5-24H,1-4H3. The molecule has 2 nitrogen and oxygen atoms in total. The smallest absolute Gasteiger partial charge is 0.0361 e. The number of anilines is 2. The zero-order valence-corrected chi connectivity index (χ0v) is 21.4. The summed E-state index contributed by atoms with van der Waals surface area (Å²) >= 11 is 0. The van der Waals surface area contributed by atoms with Gasteiger partial charge in [0, 0.05) is 39.6 Å². The van der Waals surface area contributed by atoms with Gasteiger partial charge in [-0.15, -0.1) is 0 Å². The minimum absolute atomic E-state index is 1.20. The first-order valence-electron chi connectivity index (χ1n) is 12.3. The molecule has 36 heavy (non-hydrogen) atoms. The van der Waals surface area contributed by atoms with Gasteiger partial charge in [-0.1, -0.05) is 72.8 Å². The molecule has 0 unspecified atom stereocenters. The number of fused-ring (bicyclic) bond motifs is 2. The lowest BCUT2D eigenvalue weighted by molar-refractivity contribution is 1.13. The predicted molar refractivity (Wildman–Crippen MR) is 161 cm³/mol. The van der Waals surface area contributed by atoms with E-state index in [-0.39, 0.29) is 0 Å². The molecule has 5 aromatic rings. The van der Waals surface area contributed by atoms with Crippen LogP contribution in [0.25, 0.3) is 45.8 Å². The van der Waals surface area contributed by atoms with Crippen LogP contribution in [0.1, 0.15) is 22.3 Å². The van der Waals surface area contributed by atoms with E-state index in [1.807, 2.05) is 0 Å². The molecule has 0 N–H and O–H groups in total. The highest BCUT2D eigenvalue weighted by Gasteiger charge is 2.01. The average Bonchev–Trinajstić information content (AvgIpc) is 2.89. The Hall–Kier alpha value is -4.30. The molecule has 0 saturated heterocycles. The van der Waals surface area contributed by atoms with Crippen LogP contribution in [0.15, 0.2) is 97.1 Å². The Labute approximate surface area is 214 Å². The normalized spacial score (nSPS) is 11.7. The lowest BCUT2D eigenvalue weighted by Crippen LogP contribution is -2.07. The molecule has 0 fully saturated rings. The SMILES string of the molecule is CN(C)c1ccc(C=Cc2ccc3cc4cc(C=Cc5ccc(N(C)C)cc5)ccc4cc3c2)cc1. The Balaban J connectivity index is 1.36. The first-order valence-corrected chi connectivity index (χ1v) is 12.3. The molecule has 0 aliphatic rings. The van der Waals surface area contributed by atoms with Gasteiger partial charge in [-0.2, -0.15) is 0 Å². The van der Waals surface area contributed by atoms with Gasteiger partial charge in [-0.05, 0) is 92.3 Å². The van der Waals surface area contributed by atoms with Crippen LogP contribution in [0.5, 0.6) is 0 Å². The minimum atomic E-state index is 1.20. The van der Waals surface area contributed by atoms with E-state index in [0.717, 1.165) is 0 Å². The van der Waals surface area contributed by atoms with Gasteiger partial charge in [-0.25, -0.2) is 0 Å². The van der Waals surface area contributed by atoms with E-state index in [0.29, 0.717) is 0 Å². The Morgan fingerprint density at radius 3 is 1.06 bits per heavy atom. The predicted octanol–water partition coefficient (Wildman–Crippen LogP) is 8.47. The van der Waals surface area contributed by atoms with Crippen LogP contribution in [0, 0.1) is 0 Å². The van der Waals surface area contributed by atoms with Crippen molar-refractivity contribution in [3.63, 3.8) is 0 Å². The fraction of sp³-hybridized carbons (Fsp3) is 0.118. The number of hydrogen-bond acceptors (Lipinski definition) is 2. The van der Waals surface area contributed by atoms with E-state index in [4.69, 9.17) is 0 Å². The van der Waals surface area contributed by atoms with E-state index in [2.05, 4.69) is 159 Å². The van der Waals surface area contributed by atoms with Gasteiger partial charge in [0.15, 0.2) is 0 Å². The van der Waals surface area contributed by atoms with Crippen LogP contribution in [0.3, 0.4) is 0 Å². The summed E-state index contributed by atoms with van der Waals surface area (Å²) in [7, 11) is 8.25. The van der Waals surface area contributed by atoms with E-state index in [9.17, 15) is 0 Å². The highest BCUT2D eigenvalue weighted by molar-refractivity contribution is 6.00. The quantitative estimate of drug-likeness (QED) is 0.182. The minimum Gasteiger partial charge on any atom is -0.378 e. The van der Waals surface area contributed by atoms with Crippen molar-refractivity contribution in [2.75, 3.05) is 38.0 Å². The first-order chi connectivity index (χ1) is 17.4. The van der Waals surface area contributed by atoms with Crippen LogP contribution in [0.2, 0.25) is 0 Å². The van der Waals surface area contributed by atoms with Crippen LogP contribution >= 0.6 is 0 Å². The lowest BCUT2D eigenvalue weighted by atomic mass is 9.99. The number of hydrogen-bond donors (Lipinski definition) is 0. The van der Waals surface area contributed by atoms with Crippen LogP contribution in [-0.2, 0) is 0 Å². The average molecular weight is 469 g/mol. The van der Waals surface area contributed by atoms with Gasteiger partial charge >= 0.3 is 0 Å². The van der Waals surface area contributed by atoms with E-state index >= 15 is 0 Å². The fourth-order valence-corrected chi connectivity index (χ4v) is 4.39. The molecule has 5 aromatic carbocycles. The second-order valence-corrected chi connectivity index (χ2v) is 9.70. The Morgan fingerprint density at radius 1 is 0.361 bits per heavy atom. The second kappa shape index (κ2) is 10.1. The summed E-state index contributed by atoms with van der Waals surface area (Å²) in [6.07, 6.45) is 8.73. The van der Waals surface area contributed by atoms with Crippen LogP contribution < -0.4 is 9.80 Å². The van der Waals surface area contributed by atoms with Crippen molar-refractivity contribution in [1.82, 2.24) is 0 Å². The van der Waals surface area contributed by atoms with Crippen molar-refractivity contribution in [2.45, 2.75) is 0 Å². The molecule has 0 heterocycles. The van der Waals surface area contributed by atoms with Crippen molar-refractivity contribution >= 4 is 57.2 Å². The fourth-order valence-electron chi connectivity index (χ4n) is 4.39. The van der Waals surface area contributed by atoms with E-state index in [1.54, 1.807) is 0 Å². The van der Waals surface area contributed by atoms with Gasteiger partial charge < -0.3 is 9.80 Å². The van der Waals surface area contributed by atoms with E-state index < -0.39 is 0 Å². The van der Waals surface area contributed by atoms with Gasteiger partial charge in [0.1, 0.15) is 0 Å². The van der Waals surface area contributed by atoms with Crippen LogP contribution in [0.4, 0.5) is 11.4 Å². The third-order valence-electron chi connectivity index (χ3n) is 6.60. The van der Waals surface area contributed by atoms with Gasteiger partial charge in [0.05, 0.1) is 0 Å². The largest absolute Gasteiger partial charge is 0.378 e. The van der Waals surface area contributed by atoms with Crippen LogP contribution in [-0.4, -0.2) is 28.2 Å². The molecule has 0 amide bonds. The molecular weight excluding hydrogens is 436 g/mol. The maximum absolute atomic E-state index is 2.29. The van der Waals surface area contributed by atoms with Crippen molar-refractivity contribution in [3.8, 4) is 0 Å². The highest BCUT2D eigenvalue weighted by Crippen LogP contribution is 2.26. The molecule has 0 saturated carbocycles. The van der Waals surface area contributed by atoms with Crippen molar-refractivity contribution in [1.29, 1.82) is 0 Å². The molecule has 0 aromatic heterocycles. The third-order valence-corrected chi connectivity index (χ3v) is 6.60. The maximum Gasteiger partial charge on any atom is 0.0361 e.